The first-order valence-corrected chi connectivity index (χ1v) is 2.15. The van der Waals surface area contributed by atoms with Crippen molar-refractivity contribution in [2.75, 3.05) is 0 Å². The molecule has 0 radical (unpaired) electrons. The Bertz CT molecular complexity index is 66.0. The third-order valence-electron chi connectivity index (χ3n) is 0. The van der Waals surface area contributed by atoms with E-state index in [1.165, 1.54) is 0 Å². The maximum atomic E-state index is 9.67. The third kappa shape index (κ3) is 224. The van der Waals surface area contributed by atoms with Gasteiger partial charge in [0.1, 0.15) is 0 Å². The molecule has 0 atom stereocenters. The van der Waals surface area contributed by atoms with E-state index < -0.39 is 18.0 Å². The van der Waals surface area contributed by atoms with E-state index in [0.29, 0.717) is 0 Å². The maximum Gasteiger partial charge on any atom is 1.00 e. The summed E-state index contributed by atoms with van der Waals surface area (Å²) < 4.78 is 54.3. The van der Waals surface area contributed by atoms with E-state index in [4.69, 9.17) is 13.3 Å². The summed E-state index contributed by atoms with van der Waals surface area (Å²) in [6, 6.07) is 0. The Balaban J connectivity index is -0.0000000300. The van der Waals surface area contributed by atoms with Gasteiger partial charge in [0.25, 0.3) is 0 Å². The molecule has 3 nitrogen and oxygen atoms in total. The van der Waals surface area contributed by atoms with E-state index >= 15 is 0 Å². The second kappa shape index (κ2) is 17.1. The summed E-state index contributed by atoms with van der Waals surface area (Å²) in [7, 11) is 0. The Morgan fingerprint density at radius 1 is 1.10 bits per heavy atom. The van der Waals surface area contributed by atoms with Crippen LogP contribution in [0.15, 0.2) is 0 Å². The molecule has 0 bridgehead atoms. The van der Waals surface area contributed by atoms with Crippen LogP contribution in [0.1, 0.15) is 0 Å². The largest absolute Gasteiger partial charge is 1.00 e. The third-order valence-corrected chi connectivity index (χ3v) is 0. The van der Waals surface area contributed by atoms with Crippen LogP contribution in [0.25, 0.3) is 0 Å². The average Bonchev–Trinajstić information content (AvgIpc) is 1.25. The normalized spacial score (nSPS) is 7.10. The topological polar surface area (TPSA) is 63.2 Å². The van der Waals surface area contributed by atoms with Crippen molar-refractivity contribution in [1.29, 1.82) is 0 Å². The van der Waals surface area contributed by atoms with Crippen LogP contribution in [0.3, 0.4) is 0 Å². The van der Waals surface area contributed by atoms with Gasteiger partial charge in [-0.05, 0) is 0 Å². The summed E-state index contributed by atoms with van der Waals surface area (Å²) in [6.45, 7) is -3.67. The molecule has 0 amide bonds. The Kier molecular flexibility index (Phi) is 38.7. The van der Waals surface area contributed by atoms with Gasteiger partial charge in [-0.2, -0.15) is 13.2 Å². The predicted octanol–water partition coefficient (Wildman–Crippen LogP) is -5.82. The molecule has 0 aliphatic carbocycles. The van der Waals surface area contributed by atoms with Crippen molar-refractivity contribution < 1.29 is 85.6 Å². The zero-order valence-corrected chi connectivity index (χ0v) is 10.2. The second-order valence-electron chi connectivity index (χ2n) is 0.452. The van der Waals surface area contributed by atoms with Crippen molar-refractivity contribution >= 4 is 11.4 Å². The molecule has 0 aromatic rings. The smallest absolute Gasteiger partial charge is 0.784 e. The number of rotatable bonds is 0. The molecule has 0 aliphatic heterocycles. The Hall–Kier alpha value is 1.86. The quantitative estimate of drug-likeness (QED) is 0.286. The van der Waals surface area contributed by atoms with Gasteiger partial charge in [0.05, 0.1) is 0 Å². The molecule has 52 valence electrons. The van der Waals surface area contributed by atoms with Gasteiger partial charge in [0, 0.05) is 0 Å². The molecule has 0 spiro atoms. The van der Waals surface area contributed by atoms with Crippen LogP contribution in [-0.4, -0.2) is 20.0 Å². The molecule has 0 saturated heterocycles. The Labute approximate surface area is 102 Å². The molecule has 10 heavy (non-hydrogen) atoms. The molecule has 0 unspecified atom stereocenters. The molecule has 0 heterocycles. The van der Waals surface area contributed by atoms with E-state index in [0.717, 1.165) is 0 Å². The summed E-state index contributed by atoms with van der Waals surface area (Å²) in [6.07, 6.45) is 0. The fraction of sp³-hybridized carbons (Fsp3) is 1.00. The molecule has 0 fully saturated rings. The van der Waals surface area contributed by atoms with Crippen molar-refractivity contribution in [3.63, 3.8) is 0 Å². The van der Waals surface area contributed by atoms with Crippen molar-refractivity contribution in [3.8, 4) is 0 Å². The van der Waals surface area contributed by atoms with Crippen molar-refractivity contribution in [3.05, 3.63) is 0 Å². The van der Waals surface area contributed by atoms with Crippen LogP contribution in [0.4, 0.5) is 13.2 Å². The van der Waals surface area contributed by atoms with Gasteiger partial charge in [-0.1, -0.05) is 0 Å². The second-order valence-corrected chi connectivity index (χ2v) is 0.860. The molecule has 0 saturated carbocycles. The van der Waals surface area contributed by atoms with Crippen molar-refractivity contribution in [1.82, 2.24) is 0 Å². The first-order chi connectivity index (χ1) is 3.46. The fourth-order valence-corrected chi connectivity index (χ4v) is 0. The van der Waals surface area contributed by atoms with E-state index in [1.54, 1.807) is 0 Å². The van der Waals surface area contributed by atoms with Crippen LogP contribution in [0.5, 0.6) is 0 Å². The predicted molar refractivity (Wildman–Crippen MR) is 16.8 cm³/mol. The molecular formula is CHF3Na2O3S. The van der Waals surface area contributed by atoms with Crippen molar-refractivity contribution in [2.45, 2.75) is 6.68 Å². The molecule has 0 aromatic carbocycles. The molecular weight excluding hydrogens is 195 g/mol. The zero-order valence-electron chi connectivity index (χ0n) is 5.34. The van der Waals surface area contributed by atoms with Crippen LogP contribution < -0.4 is 59.1 Å². The minimum absolute atomic E-state index is 0. The van der Waals surface area contributed by atoms with Crippen LogP contribution in [-0.2, 0) is 11.4 Å². The van der Waals surface area contributed by atoms with Gasteiger partial charge in [-0.3, -0.25) is 4.21 Å². The minimum Gasteiger partial charge on any atom is -0.784 e. The Morgan fingerprint density at radius 3 is 1.10 bits per heavy atom. The molecule has 9 heteroatoms. The SMILES string of the molecule is FC(F)F.O=S([O-])[O-].[Na+].[Na+]. The molecule has 0 N–H and O–H groups in total. The van der Waals surface area contributed by atoms with E-state index in [-0.39, 0.29) is 59.1 Å². The number of halogens is 3. The van der Waals surface area contributed by atoms with Gasteiger partial charge in [0.2, 0.25) is 0 Å². The first kappa shape index (κ1) is 22.6. The molecule has 0 rings (SSSR count). The van der Waals surface area contributed by atoms with E-state index in [1.807, 2.05) is 0 Å². The van der Waals surface area contributed by atoms with Crippen LogP contribution >= 0.6 is 0 Å². The summed E-state index contributed by atoms with van der Waals surface area (Å²) in [5.74, 6) is 0. The van der Waals surface area contributed by atoms with Gasteiger partial charge >= 0.3 is 65.8 Å². The summed E-state index contributed by atoms with van der Waals surface area (Å²) in [5, 5.41) is 0. The van der Waals surface area contributed by atoms with Crippen molar-refractivity contribution in [2.24, 2.45) is 0 Å². The summed E-state index contributed by atoms with van der Waals surface area (Å²) in [4.78, 5) is 0. The zero-order chi connectivity index (χ0) is 7.15. The number of hydrogen-bond donors (Lipinski definition) is 0. The average molecular weight is 196 g/mol. The Morgan fingerprint density at radius 2 is 1.10 bits per heavy atom. The number of alkyl halides is 3. The van der Waals surface area contributed by atoms with E-state index in [2.05, 4.69) is 0 Å². The summed E-state index contributed by atoms with van der Waals surface area (Å²) >= 11 is -3.11. The monoisotopic (exact) mass is 196 g/mol. The fourth-order valence-electron chi connectivity index (χ4n) is 0. The first-order valence-electron chi connectivity index (χ1n) is 1.15. The van der Waals surface area contributed by atoms with Crippen LogP contribution in [0, 0.1) is 0 Å². The van der Waals surface area contributed by atoms with Gasteiger partial charge in [0.15, 0.2) is 0 Å². The minimum atomic E-state index is -3.67. The van der Waals surface area contributed by atoms with Gasteiger partial charge in [-0.25, -0.2) is 0 Å². The van der Waals surface area contributed by atoms with Crippen LogP contribution in [0.2, 0.25) is 0 Å². The standard InChI is InChI=1S/CHF3.2Na.H2O3S/c2-1(3)4;;;1-4(2)3/h1H;;;(H2,1,2,3)/q;2*+1;/p-2. The maximum absolute atomic E-state index is 9.67. The summed E-state index contributed by atoms with van der Waals surface area (Å²) in [5.41, 5.74) is 0. The number of hydrogen-bond acceptors (Lipinski definition) is 3. The van der Waals surface area contributed by atoms with E-state index in [9.17, 15) is 13.2 Å². The molecule has 0 aliphatic rings. The molecule has 0 aromatic heterocycles. The van der Waals surface area contributed by atoms with Gasteiger partial charge < -0.3 is 9.11 Å². The van der Waals surface area contributed by atoms with Gasteiger partial charge in [-0.15, -0.1) is 11.4 Å².